The first-order valence-corrected chi connectivity index (χ1v) is 6.86. The molecular weight excluding hydrogens is 182 g/mol. The van der Waals surface area contributed by atoms with Crippen molar-refractivity contribution in [3.8, 4) is 0 Å². The summed E-state index contributed by atoms with van der Waals surface area (Å²) in [6.45, 7) is 12.8. The number of hydrogen-bond donors (Lipinski definition) is 1. The van der Waals surface area contributed by atoms with Crippen LogP contribution in [0.3, 0.4) is 0 Å². The van der Waals surface area contributed by atoms with Crippen LogP contribution in [0.5, 0.6) is 0 Å². The summed E-state index contributed by atoms with van der Waals surface area (Å²) in [4.78, 5) is 0. The van der Waals surface area contributed by atoms with E-state index in [0.717, 1.165) is 11.8 Å². The third-order valence-corrected chi connectivity index (χ3v) is 3.22. The van der Waals surface area contributed by atoms with Crippen LogP contribution in [0.25, 0.3) is 0 Å². The highest BCUT2D eigenvalue weighted by molar-refractivity contribution is 4.76. The molecule has 0 aromatic rings. The van der Waals surface area contributed by atoms with Gasteiger partial charge in [0.2, 0.25) is 0 Å². The number of unbranched alkanes of at least 4 members (excludes halogenated alkanes) is 2. The van der Waals surface area contributed by atoms with Crippen molar-refractivity contribution in [1.82, 2.24) is 5.32 Å². The maximum absolute atomic E-state index is 3.70. The Balaban J connectivity index is 3.87. The first-order chi connectivity index (χ1) is 7.13. The average Bonchev–Trinajstić information content (AvgIpc) is 2.18. The van der Waals surface area contributed by atoms with Gasteiger partial charge in [0.05, 0.1) is 0 Å². The summed E-state index contributed by atoms with van der Waals surface area (Å²) in [6, 6.07) is 0.710. The Hall–Kier alpha value is -0.0400. The fourth-order valence-electron chi connectivity index (χ4n) is 2.30. The summed E-state index contributed by atoms with van der Waals surface area (Å²) >= 11 is 0. The molecule has 0 aliphatic heterocycles. The quantitative estimate of drug-likeness (QED) is 0.565. The second-order valence-electron chi connectivity index (χ2n) is 5.20. The topological polar surface area (TPSA) is 12.0 Å². The smallest absolute Gasteiger partial charge is 0.0116 e. The molecule has 2 atom stereocenters. The molecule has 0 saturated heterocycles. The van der Waals surface area contributed by atoms with Gasteiger partial charge < -0.3 is 5.32 Å². The maximum atomic E-state index is 3.70. The van der Waals surface area contributed by atoms with E-state index in [4.69, 9.17) is 0 Å². The van der Waals surface area contributed by atoms with E-state index >= 15 is 0 Å². The Bertz CT molecular complexity index is 131. The minimum atomic E-state index is 0.710. The summed E-state index contributed by atoms with van der Waals surface area (Å²) in [5.41, 5.74) is 0. The zero-order valence-electron chi connectivity index (χ0n) is 11.5. The minimum absolute atomic E-state index is 0.710. The van der Waals surface area contributed by atoms with Gasteiger partial charge >= 0.3 is 0 Å². The van der Waals surface area contributed by atoms with Crippen LogP contribution in [0.2, 0.25) is 0 Å². The van der Waals surface area contributed by atoms with Gasteiger partial charge in [0, 0.05) is 6.04 Å². The summed E-state index contributed by atoms with van der Waals surface area (Å²) in [6.07, 6.45) is 6.75. The van der Waals surface area contributed by atoms with Crippen LogP contribution in [-0.4, -0.2) is 12.6 Å². The molecule has 1 heteroatoms. The predicted molar refractivity (Wildman–Crippen MR) is 70.2 cm³/mol. The molecule has 15 heavy (non-hydrogen) atoms. The molecule has 0 fully saturated rings. The van der Waals surface area contributed by atoms with E-state index in [1.54, 1.807) is 0 Å². The van der Waals surface area contributed by atoms with Gasteiger partial charge in [-0.2, -0.15) is 0 Å². The van der Waals surface area contributed by atoms with Crippen molar-refractivity contribution >= 4 is 0 Å². The van der Waals surface area contributed by atoms with Crippen molar-refractivity contribution in [2.75, 3.05) is 6.54 Å². The number of hydrogen-bond acceptors (Lipinski definition) is 1. The van der Waals surface area contributed by atoms with Crippen molar-refractivity contribution in [3.05, 3.63) is 0 Å². The molecule has 0 aromatic heterocycles. The molecule has 92 valence electrons. The Morgan fingerprint density at radius 1 is 0.933 bits per heavy atom. The van der Waals surface area contributed by atoms with Gasteiger partial charge in [-0.1, -0.05) is 53.9 Å². The van der Waals surface area contributed by atoms with Crippen molar-refractivity contribution in [1.29, 1.82) is 0 Å². The Morgan fingerprint density at radius 2 is 1.60 bits per heavy atom. The average molecular weight is 213 g/mol. The van der Waals surface area contributed by atoms with Gasteiger partial charge in [-0.25, -0.2) is 0 Å². The lowest BCUT2D eigenvalue weighted by Gasteiger charge is -2.28. The Kier molecular flexibility index (Phi) is 9.18. The lowest BCUT2D eigenvalue weighted by Crippen LogP contribution is -2.39. The molecule has 0 aliphatic rings. The summed E-state index contributed by atoms with van der Waals surface area (Å²) in [5.74, 6) is 1.58. The van der Waals surface area contributed by atoms with Crippen LogP contribution in [0.1, 0.15) is 66.7 Å². The largest absolute Gasteiger partial charge is 0.313 e. The van der Waals surface area contributed by atoms with E-state index in [2.05, 4.69) is 39.9 Å². The van der Waals surface area contributed by atoms with Gasteiger partial charge in [0.25, 0.3) is 0 Å². The molecule has 0 bridgehead atoms. The molecule has 0 saturated carbocycles. The summed E-state index contributed by atoms with van der Waals surface area (Å²) in [7, 11) is 0. The Morgan fingerprint density at radius 3 is 2.07 bits per heavy atom. The van der Waals surface area contributed by atoms with Crippen molar-refractivity contribution in [3.63, 3.8) is 0 Å². The van der Waals surface area contributed by atoms with E-state index in [9.17, 15) is 0 Å². The van der Waals surface area contributed by atoms with Gasteiger partial charge in [-0.15, -0.1) is 0 Å². The lowest BCUT2D eigenvalue weighted by atomic mass is 9.88. The molecule has 0 rings (SSSR count). The Labute approximate surface area is 97.0 Å². The highest BCUT2D eigenvalue weighted by atomic mass is 14.9. The van der Waals surface area contributed by atoms with Crippen LogP contribution in [0, 0.1) is 11.8 Å². The molecule has 1 nitrogen and oxygen atoms in total. The van der Waals surface area contributed by atoms with Gasteiger partial charge in [0.15, 0.2) is 0 Å². The van der Waals surface area contributed by atoms with Crippen LogP contribution in [0.4, 0.5) is 0 Å². The highest BCUT2D eigenvalue weighted by Crippen LogP contribution is 2.19. The molecular formula is C14H31N. The first-order valence-electron chi connectivity index (χ1n) is 6.86. The first kappa shape index (κ1) is 15.0. The van der Waals surface area contributed by atoms with Gasteiger partial charge in [-0.05, 0) is 31.2 Å². The zero-order valence-corrected chi connectivity index (χ0v) is 11.5. The number of rotatable bonds is 9. The molecule has 0 spiro atoms. The van der Waals surface area contributed by atoms with Crippen LogP contribution in [-0.2, 0) is 0 Å². The standard InChI is InChI=1S/C14H31N/c1-6-8-9-10-13(5)14(12(3)4)15-11-7-2/h12-15H,6-11H2,1-5H3. The highest BCUT2D eigenvalue weighted by Gasteiger charge is 2.19. The van der Waals surface area contributed by atoms with E-state index < -0.39 is 0 Å². The molecule has 0 amide bonds. The molecule has 0 aliphatic carbocycles. The SMILES string of the molecule is CCCCCC(C)C(NCCC)C(C)C. The third kappa shape index (κ3) is 6.94. The van der Waals surface area contributed by atoms with E-state index in [-0.39, 0.29) is 0 Å². The fraction of sp³-hybridized carbons (Fsp3) is 1.00. The van der Waals surface area contributed by atoms with E-state index in [1.807, 2.05) is 0 Å². The zero-order chi connectivity index (χ0) is 11.7. The van der Waals surface area contributed by atoms with Crippen LogP contribution >= 0.6 is 0 Å². The molecule has 0 heterocycles. The van der Waals surface area contributed by atoms with Crippen LogP contribution in [0.15, 0.2) is 0 Å². The van der Waals surface area contributed by atoms with Crippen molar-refractivity contribution in [2.24, 2.45) is 11.8 Å². The second-order valence-corrected chi connectivity index (χ2v) is 5.20. The summed E-state index contributed by atoms with van der Waals surface area (Å²) in [5, 5.41) is 3.70. The fourth-order valence-corrected chi connectivity index (χ4v) is 2.30. The van der Waals surface area contributed by atoms with Gasteiger partial charge in [-0.3, -0.25) is 0 Å². The molecule has 1 N–H and O–H groups in total. The van der Waals surface area contributed by atoms with E-state index in [0.29, 0.717) is 6.04 Å². The van der Waals surface area contributed by atoms with E-state index in [1.165, 1.54) is 38.6 Å². The van der Waals surface area contributed by atoms with Gasteiger partial charge in [0.1, 0.15) is 0 Å². The van der Waals surface area contributed by atoms with Crippen molar-refractivity contribution < 1.29 is 0 Å². The maximum Gasteiger partial charge on any atom is 0.0116 e. The van der Waals surface area contributed by atoms with Crippen molar-refractivity contribution in [2.45, 2.75) is 72.8 Å². The monoisotopic (exact) mass is 213 g/mol. The molecule has 2 unspecified atom stereocenters. The normalized spacial score (nSPS) is 15.6. The predicted octanol–water partition coefficient (Wildman–Crippen LogP) is 4.23. The lowest BCUT2D eigenvalue weighted by molar-refractivity contribution is 0.281. The molecule has 0 aromatic carbocycles. The summed E-state index contributed by atoms with van der Waals surface area (Å²) < 4.78 is 0. The second kappa shape index (κ2) is 9.21. The van der Waals surface area contributed by atoms with Crippen LogP contribution < -0.4 is 5.32 Å². The molecule has 0 radical (unpaired) electrons. The third-order valence-electron chi connectivity index (χ3n) is 3.22. The minimum Gasteiger partial charge on any atom is -0.313 e. The number of nitrogens with one attached hydrogen (secondary N) is 1.